The largest absolute Gasteiger partial charge is 0.286 e. The third kappa shape index (κ3) is 4.83. The lowest BCUT2D eigenvalue weighted by atomic mass is 10.0. The first-order chi connectivity index (χ1) is 14.9. The van der Waals surface area contributed by atoms with Crippen molar-refractivity contribution in [2.24, 2.45) is 4.36 Å². The predicted molar refractivity (Wildman–Crippen MR) is 125 cm³/mol. The summed E-state index contributed by atoms with van der Waals surface area (Å²) in [7, 11) is -2.91. The Morgan fingerprint density at radius 1 is 0.968 bits per heavy atom. The molecule has 31 heavy (non-hydrogen) atoms. The minimum absolute atomic E-state index is 0.230. The van der Waals surface area contributed by atoms with E-state index in [0.717, 1.165) is 16.3 Å². The molecule has 0 saturated carbocycles. The highest BCUT2D eigenvalue weighted by atomic mass is 35.5. The minimum atomic E-state index is -2.91. The highest BCUT2D eigenvalue weighted by Gasteiger charge is 2.12. The molecule has 0 aliphatic heterocycles. The van der Waals surface area contributed by atoms with E-state index in [1.807, 2.05) is 42.5 Å². The van der Waals surface area contributed by atoms with Crippen LogP contribution in [0.15, 0.2) is 94.4 Å². The summed E-state index contributed by atoms with van der Waals surface area (Å²) in [6.45, 7) is 0. The molecule has 0 radical (unpaired) electrons. The van der Waals surface area contributed by atoms with E-state index in [2.05, 4.69) is 21.2 Å². The molecule has 0 bridgehead atoms. The summed E-state index contributed by atoms with van der Waals surface area (Å²) in [4.78, 5) is 17.2. The van der Waals surface area contributed by atoms with Gasteiger partial charge in [0, 0.05) is 39.7 Å². The molecule has 0 N–H and O–H groups in total. The number of fused-ring (bicyclic) bond motifs is 1. The minimum Gasteiger partial charge on any atom is -0.266 e. The van der Waals surface area contributed by atoms with Gasteiger partial charge >= 0.3 is 0 Å². The Balaban J connectivity index is 1.65. The van der Waals surface area contributed by atoms with Crippen molar-refractivity contribution >= 4 is 38.0 Å². The van der Waals surface area contributed by atoms with Crippen LogP contribution in [0, 0.1) is 11.8 Å². The van der Waals surface area contributed by atoms with Crippen LogP contribution in [0.4, 0.5) is 0 Å². The van der Waals surface area contributed by atoms with Crippen LogP contribution >= 0.6 is 11.6 Å². The number of halogens is 1. The van der Waals surface area contributed by atoms with Gasteiger partial charge in [-0.15, -0.1) is 0 Å². The van der Waals surface area contributed by atoms with Gasteiger partial charge in [0.1, 0.15) is 0 Å². The number of carbonyl (C=O) groups is 1. The van der Waals surface area contributed by atoms with Crippen LogP contribution in [0.3, 0.4) is 0 Å². The van der Waals surface area contributed by atoms with E-state index in [-0.39, 0.29) is 5.56 Å². The highest BCUT2D eigenvalue weighted by Crippen LogP contribution is 2.18. The molecule has 4 nitrogen and oxygen atoms in total. The van der Waals surface area contributed by atoms with Crippen molar-refractivity contribution in [1.29, 1.82) is 0 Å². The number of hydrogen-bond donors (Lipinski definition) is 0. The topological polar surface area (TPSA) is 59.4 Å². The normalized spacial score (nSPS) is 12.5. The van der Waals surface area contributed by atoms with Gasteiger partial charge in [-0.25, -0.2) is 4.21 Å². The average Bonchev–Trinajstić information content (AvgIpc) is 2.78. The highest BCUT2D eigenvalue weighted by molar-refractivity contribution is 7.93. The molecule has 4 aromatic rings. The van der Waals surface area contributed by atoms with E-state index in [0.29, 0.717) is 15.5 Å². The molecule has 0 saturated heterocycles. The van der Waals surface area contributed by atoms with Gasteiger partial charge in [-0.1, -0.05) is 59.8 Å². The summed E-state index contributed by atoms with van der Waals surface area (Å²) >= 11 is 5.88. The fourth-order valence-corrected chi connectivity index (χ4v) is 4.34. The lowest BCUT2D eigenvalue weighted by Crippen LogP contribution is -2.04. The number of hydrogen-bond acceptors (Lipinski definition) is 3. The Kier molecular flexibility index (Phi) is 5.85. The molecule has 4 rings (SSSR count). The van der Waals surface area contributed by atoms with Gasteiger partial charge in [-0.05, 0) is 47.2 Å². The maximum atomic E-state index is 12.9. The lowest BCUT2D eigenvalue weighted by molar-refractivity contribution is 0.100. The number of amides is 1. The maximum absolute atomic E-state index is 12.9. The zero-order chi connectivity index (χ0) is 21.8. The van der Waals surface area contributed by atoms with E-state index < -0.39 is 15.6 Å². The van der Waals surface area contributed by atoms with E-state index >= 15 is 0 Å². The zero-order valence-corrected chi connectivity index (χ0v) is 18.2. The first kappa shape index (κ1) is 20.8. The second-order valence-corrected chi connectivity index (χ2v) is 9.59. The fraction of sp³-hybridized carbons (Fsp3) is 0.0400. The summed E-state index contributed by atoms with van der Waals surface area (Å²) in [5.41, 5.74) is 1.69. The molecule has 6 heteroatoms. The lowest BCUT2D eigenvalue weighted by Gasteiger charge is -2.04. The Morgan fingerprint density at radius 2 is 1.71 bits per heavy atom. The van der Waals surface area contributed by atoms with Gasteiger partial charge in [-0.3, -0.25) is 9.78 Å². The molecule has 0 spiro atoms. The second kappa shape index (κ2) is 8.73. The van der Waals surface area contributed by atoms with Crippen LogP contribution in [-0.4, -0.2) is 21.4 Å². The van der Waals surface area contributed by atoms with E-state index in [1.54, 1.807) is 36.5 Å². The van der Waals surface area contributed by atoms with Crippen molar-refractivity contribution in [2.45, 2.75) is 4.90 Å². The predicted octanol–water partition coefficient (Wildman–Crippen LogP) is 5.59. The number of carbonyl (C=O) groups excluding carboxylic acids is 1. The molecule has 1 aromatic heterocycles. The summed E-state index contributed by atoms with van der Waals surface area (Å²) in [5.74, 6) is 5.60. The quantitative estimate of drug-likeness (QED) is 0.379. The number of rotatable bonds is 2. The summed E-state index contributed by atoms with van der Waals surface area (Å²) in [6.07, 6.45) is 4.40. The Bertz CT molecular complexity index is 1470. The molecule has 1 atom stereocenters. The molecule has 152 valence electrons. The van der Waals surface area contributed by atoms with Gasteiger partial charge in [0.2, 0.25) is 0 Å². The van der Waals surface area contributed by atoms with Crippen LogP contribution in [-0.2, 0) is 9.73 Å². The van der Waals surface area contributed by atoms with Gasteiger partial charge in [-0.2, -0.15) is 4.36 Å². The molecular weight excluding hydrogens is 428 g/mol. The number of benzene rings is 3. The van der Waals surface area contributed by atoms with E-state index in [1.165, 1.54) is 12.5 Å². The van der Waals surface area contributed by atoms with Crippen LogP contribution in [0.1, 0.15) is 21.5 Å². The Morgan fingerprint density at radius 3 is 2.52 bits per heavy atom. The standard InChI is InChI=1S/C25H17ClN2O2S/c1-31(30,23-13-11-22(26)12-14-23)28-25(29)21-15-18(16-27-17-21)9-10-20-7-4-6-19-5-2-3-8-24(19)20/h2-8,11-17H,1H3. The fourth-order valence-electron chi connectivity index (χ4n) is 3.05. The van der Waals surface area contributed by atoms with Crippen LogP contribution in [0.25, 0.3) is 10.8 Å². The zero-order valence-electron chi connectivity index (χ0n) is 16.6. The molecule has 0 fully saturated rings. The van der Waals surface area contributed by atoms with Crippen LogP contribution < -0.4 is 0 Å². The van der Waals surface area contributed by atoms with E-state index in [4.69, 9.17) is 11.6 Å². The first-order valence-electron chi connectivity index (χ1n) is 9.39. The van der Waals surface area contributed by atoms with Crippen molar-refractivity contribution in [2.75, 3.05) is 6.26 Å². The molecule has 1 amide bonds. The maximum Gasteiger partial charge on any atom is 0.286 e. The summed E-state index contributed by atoms with van der Waals surface area (Å²) in [5, 5.41) is 2.68. The van der Waals surface area contributed by atoms with Crippen LogP contribution in [0.5, 0.6) is 0 Å². The SMILES string of the molecule is CS(=O)(=NC(=O)c1cncc(C#Cc2cccc3ccccc23)c1)c1ccc(Cl)cc1. The van der Waals surface area contributed by atoms with Crippen molar-refractivity contribution < 1.29 is 9.00 Å². The van der Waals surface area contributed by atoms with Crippen molar-refractivity contribution in [3.8, 4) is 11.8 Å². The van der Waals surface area contributed by atoms with Crippen molar-refractivity contribution in [1.82, 2.24) is 4.98 Å². The Hall–Kier alpha value is -3.46. The van der Waals surface area contributed by atoms with Crippen molar-refractivity contribution in [3.05, 3.63) is 107 Å². The first-order valence-corrected chi connectivity index (χ1v) is 11.7. The molecular formula is C25H17ClN2O2S. The molecule has 0 aliphatic carbocycles. The van der Waals surface area contributed by atoms with E-state index in [9.17, 15) is 9.00 Å². The van der Waals surface area contributed by atoms with Gasteiger partial charge in [0.05, 0.1) is 15.3 Å². The third-order valence-electron chi connectivity index (χ3n) is 4.62. The van der Waals surface area contributed by atoms with Crippen LogP contribution in [0.2, 0.25) is 5.02 Å². The van der Waals surface area contributed by atoms with Gasteiger partial charge in [0.15, 0.2) is 0 Å². The Labute approximate surface area is 186 Å². The second-order valence-electron chi connectivity index (χ2n) is 6.89. The molecule has 1 heterocycles. The van der Waals surface area contributed by atoms with Gasteiger partial charge < -0.3 is 0 Å². The number of pyridine rings is 1. The van der Waals surface area contributed by atoms with Crippen molar-refractivity contribution in [3.63, 3.8) is 0 Å². The third-order valence-corrected chi connectivity index (χ3v) is 6.54. The number of nitrogens with zero attached hydrogens (tertiary/aromatic N) is 2. The summed E-state index contributed by atoms with van der Waals surface area (Å²) in [6, 6.07) is 22.0. The molecule has 1 unspecified atom stereocenters. The molecule has 3 aromatic carbocycles. The monoisotopic (exact) mass is 444 g/mol. The molecule has 0 aliphatic rings. The average molecular weight is 445 g/mol. The van der Waals surface area contributed by atoms with Gasteiger partial charge in [0.25, 0.3) is 5.91 Å². The smallest absolute Gasteiger partial charge is 0.266 e. The number of aromatic nitrogens is 1. The summed E-state index contributed by atoms with van der Waals surface area (Å²) < 4.78 is 16.9.